The number of benzene rings is 3. The minimum Gasteiger partial charge on any atom is -0.504 e. The Morgan fingerprint density at radius 1 is 0.476 bits per heavy atom. The van der Waals surface area contributed by atoms with Crippen LogP contribution in [0.3, 0.4) is 0 Å². The number of H-pyrrole nitrogens is 3. The third-order valence-corrected chi connectivity index (χ3v) is 6.97. The van der Waals surface area contributed by atoms with Gasteiger partial charge in [-0.1, -0.05) is 0 Å². The number of aromatic carboxylic acids is 3. The normalized spacial score (nSPS) is 11.5. The topological polar surface area (TPSA) is 281 Å². The van der Waals surface area contributed by atoms with Gasteiger partial charge in [-0.25, -0.2) is 14.4 Å². The molecule has 0 saturated carbocycles. The number of phenolic OH excluding ortho intramolecular Hbond substituents is 6. The molecule has 0 aliphatic carbocycles. The molecule has 0 fully saturated rings. The van der Waals surface area contributed by atoms with Crippen LogP contribution in [0.4, 0.5) is 0 Å². The highest BCUT2D eigenvalue weighted by Crippen LogP contribution is 2.57. The summed E-state index contributed by atoms with van der Waals surface area (Å²) in [5, 5.41) is 93.8. The number of aromatic hydroxyl groups is 6. The summed E-state index contributed by atoms with van der Waals surface area (Å²) in [6.07, 6.45) is 0. The Balaban J connectivity index is 1.82. The first kappa shape index (κ1) is 25.8. The molecule has 0 radical (unpaired) electrons. The second-order valence-electron chi connectivity index (χ2n) is 9.36. The number of hydrogen-bond donors (Lipinski definition) is 12. The van der Waals surface area contributed by atoms with Crippen LogP contribution in [0.1, 0.15) is 31.5 Å². The molecule has 0 aliphatic rings. The van der Waals surface area contributed by atoms with Crippen molar-refractivity contribution in [3.8, 4) is 56.8 Å². The molecule has 3 heterocycles. The van der Waals surface area contributed by atoms with Crippen LogP contribution in [0.15, 0.2) is 30.3 Å². The highest BCUT2D eigenvalue weighted by molar-refractivity contribution is 6.19. The van der Waals surface area contributed by atoms with Gasteiger partial charge in [0.1, 0.15) is 17.1 Å². The fourth-order valence-corrected chi connectivity index (χ4v) is 5.18. The zero-order chi connectivity index (χ0) is 30.4. The molecule has 12 N–H and O–H groups in total. The lowest BCUT2D eigenvalue weighted by molar-refractivity contribution is 0.0681. The molecule has 0 saturated heterocycles. The van der Waals surface area contributed by atoms with Gasteiger partial charge in [0.2, 0.25) is 0 Å². The minimum absolute atomic E-state index is 0.00116. The molecule has 0 aliphatic heterocycles. The van der Waals surface area contributed by atoms with Crippen LogP contribution in [0.2, 0.25) is 0 Å². The fraction of sp³-hybridized carbons (Fsp3) is 0. The Hall–Kier alpha value is -6.51. The summed E-state index contributed by atoms with van der Waals surface area (Å²) < 4.78 is 0. The largest absolute Gasteiger partial charge is 0.504 e. The zero-order valence-electron chi connectivity index (χ0n) is 20.6. The van der Waals surface area contributed by atoms with Gasteiger partial charge in [0.05, 0.1) is 27.7 Å². The predicted molar refractivity (Wildman–Crippen MR) is 144 cm³/mol. The van der Waals surface area contributed by atoms with Crippen LogP contribution >= 0.6 is 0 Å². The average Bonchev–Trinajstić information content (AvgIpc) is 3.65. The summed E-state index contributed by atoms with van der Waals surface area (Å²) in [5.74, 6) is -9.52. The van der Waals surface area contributed by atoms with E-state index in [1.54, 1.807) is 0 Å². The minimum atomic E-state index is -1.50. The lowest BCUT2D eigenvalue weighted by Gasteiger charge is -2.17. The van der Waals surface area contributed by atoms with Crippen molar-refractivity contribution >= 4 is 50.6 Å². The molecule has 3 aromatic heterocycles. The van der Waals surface area contributed by atoms with E-state index in [9.17, 15) is 60.3 Å². The Morgan fingerprint density at radius 2 is 0.929 bits per heavy atom. The van der Waals surface area contributed by atoms with E-state index >= 15 is 0 Å². The molecule has 0 spiro atoms. The molecule has 0 bridgehead atoms. The summed E-state index contributed by atoms with van der Waals surface area (Å²) in [6.45, 7) is 0. The molecule has 0 atom stereocenters. The van der Waals surface area contributed by atoms with Gasteiger partial charge in [-0.05, 0) is 24.3 Å². The number of carbonyl (C=O) groups is 3. The number of aromatic nitrogens is 3. The first-order chi connectivity index (χ1) is 19.8. The van der Waals surface area contributed by atoms with Gasteiger partial charge in [-0.3, -0.25) is 0 Å². The maximum atomic E-state index is 12.0. The molecule has 0 amide bonds. The van der Waals surface area contributed by atoms with Crippen LogP contribution in [-0.4, -0.2) is 78.8 Å². The van der Waals surface area contributed by atoms with E-state index < -0.39 is 80.4 Å². The molecule has 15 nitrogen and oxygen atoms in total. The monoisotopic (exact) mass is 575 g/mol. The molecule has 3 aromatic carbocycles. The number of fused-ring (bicyclic) bond motifs is 3. The van der Waals surface area contributed by atoms with E-state index in [-0.39, 0.29) is 44.1 Å². The van der Waals surface area contributed by atoms with Crippen LogP contribution in [0.5, 0.6) is 34.5 Å². The number of carboxylic acid groups (broad SMARTS) is 3. The predicted octanol–water partition coefficient (Wildman–Crippen LogP) is 3.79. The lowest BCUT2D eigenvalue weighted by atomic mass is 9.90. The van der Waals surface area contributed by atoms with Crippen LogP contribution < -0.4 is 0 Å². The van der Waals surface area contributed by atoms with Gasteiger partial charge in [0.15, 0.2) is 34.5 Å². The highest BCUT2D eigenvalue weighted by Gasteiger charge is 2.31. The first-order valence-corrected chi connectivity index (χ1v) is 11.8. The van der Waals surface area contributed by atoms with Crippen molar-refractivity contribution in [1.29, 1.82) is 0 Å². The van der Waals surface area contributed by atoms with Gasteiger partial charge >= 0.3 is 17.9 Å². The van der Waals surface area contributed by atoms with E-state index in [4.69, 9.17) is 0 Å². The molecule has 15 heteroatoms. The van der Waals surface area contributed by atoms with E-state index in [0.29, 0.717) is 0 Å². The molecule has 0 unspecified atom stereocenters. The Kier molecular flexibility index (Phi) is 5.21. The third-order valence-electron chi connectivity index (χ3n) is 6.97. The summed E-state index contributed by atoms with van der Waals surface area (Å²) in [4.78, 5) is 42.8. The second-order valence-corrected chi connectivity index (χ2v) is 9.36. The van der Waals surface area contributed by atoms with E-state index in [0.717, 1.165) is 30.3 Å². The molecule has 212 valence electrons. The first-order valence-electron chi connectivity index (χ1n) is 11.8. The van der Waals surface area contributed by atoms with Gasteiger partial charge in [-0.15, -0.1) is 0 Å². The highest BCUT2D eigenvalue weighted by atomic mass is 16.4. The maximum absolute atomic E-state index is 12.0. The van der Waals surface area contributed by atoms with E-state index in [2.05, 4.69) is 15.0 Å². The summed E-state index contributed by atoms with van der Waals surface area (Å²) in [5.41, 5.74) is -3.29. The standard InChI is InChI=1S/C27H17N3O12/c31-13-2-6-1-10(25(37)38)29-19(6)17(22(13)34)16-8-4-12(27(41)42)30-20(8)18(24(36)23(16)35)15-7-3-11(26(39)40)28-9(7)5-14(32)21(15)33/h1-5,28-36H,(H,37,38)(H,39,40)(H,41,42). The second kappa shape index (κ2) is 8.49. The van der Waals surface area contributed by atoms with Gasteiger partial charge in [0.25, 0.3) is 0 Å². The van der Waals surface area contributed by atoms with Crippen molar-refractivity contribution in [2.45, 2.75) is 0 Å². The Labute approximate surface area is 230 Å². The SMILES string of the molecule is O=C(O)c1cc2c(-c3c(O)c(O)c(-c4c(O)c(O)cc5cc(C(=O)O)[nH]c45)c4cc(C(=O)O)[nH]c34)c(O)c(O)cc2[nH]1. The summed E-state index contributed by atoms with van der Waals surface area (Å²) >= 11 is 0. The van der Waals surface area contributed by atoms with Gasteiger partial charge in [-0.2, -0.15) is 0 Å². The van der Waals surface area contributed by atoms with Crippen molar-refractivity contribution in [3.05, 3.63) is 47.4 Å². The number of phenols is 6. The molecule has 6 rings (SSSR count). The number of carboxylic acids is 3. The molecule has 42 heavy (non-hydrogen) atoms. The Bertz CT molecular complexity index is 2050. The number of aromatic amines is 3. The van der Waals surface area contributed by atoms with Crippen molar-refractivity contribution < 1.29 is 60.3 Å². The van der Waals surface area contributed by atoms with Gasteiger partial charge in [0, 0.05) is 33.4 Å². The van der Waals surface area contributed by atoms with Crippen LogP contribution in [-0.2, 0) is 0 Å². The van der Waals surface area contributed by atoms with Crippen LogP contribution in [0, 0.1) is 0 Å². The van der Waals surface area contributed by atoms with E-state index in [1.165, 1.54) is 0 Å². The number of hydrogen-bond acceptors (Lipinski definition) is 9. The third kappa shape index (κ3) is 3.43. The maximum Gasteiger partial charge on any atom is 0.352 e. The molecular weight excluding hydrogens is 558 g/mol. The van der Waals surface area contributed by atoms with Crippen molar-refractivity contribution in [1.82, 2.24) is 15.0 Å². The fourth-order valence-electron chi connectivity index (χ4n) is 5.18. The van der Waals surface area contributed by atoms with E-state index in [1.807, 2.05) is 0 Å². The molecule has 6 aromatic rings. The van der Waals surface area contributed by atoms with Gasteiger partial charge < -0.3 is 60.9 Å². The van der Waals surface area contributed by atoms with Crippen molar-refractivity contribution in [2.24, 2.45) is 0 Å². The van der Waals surface area contributed by atoms with Crippen molar-refractivity contribution in [3.63, 3.8) is 0 Å². The Morgan fingerprint density at radius 3 is 1.57 bits per heavy atom. The molecular formula is C27H17N3O12. The number of nitrogens with one attached hydrogen (secondary N) is 3. The van der Waals surface area contributed by atoms with Crippen molar-refractivity contribution in [2.75, 3.05) is 0 Å². The summed E-state index contributed by atoms with van der Waals surface area (Å²) in [6, 6.07) is 5.30. The average molecular weight is 575 g/mol. The van der Waals surface area contributed by atoms with Crippen LogP contribution in [0.25, 0.3) is 55.0 Å². The quantitative estimate of drug-likeness (QED) is 0.131. The number of rotatable bonds is 5. The summed E-state index contributed by atoms with van der Waals surface area (Å²) in [7, 11) is 0. The smallest absolute Gasteiger partial charge is 0.352 e. The lowest BCUT2D eigenvalue weighted by Crippen LogP contribution is -1.95. The zero-order valence-corrected chi connectivity index (χ0v) is 20.6.